The van der Waals surface area contributed by atoms with Crippen LogP contribution in [0.3, 0.4) is 0 Å². The maximum atomic E-state index is 12.7. The number of hydrogen-bond donors (Lipinski definition) is 3. The molecule has 2 heterocycles. The summed E-state index contributed by atoms with van der Waals surface area (Å²) in [5, 5.41) is 3.15. The first-order chi connectivity index (χ1) is 13.8. The number of rotatable bonds is 6. The van der Waals surface area contributed by atoms with E-state index in [0.717, 1.165) is 30.7 Å². The monoisotopic (exact) mass is 380 g/mol. The van der Waals surface area contributed by atoms with Gasteiger partial charge >= 0.3 is 0 Å². The highest BCUT2D eigenvalue weighted by Crippen LogP contribution is 2.30. The Morgan fingerprint density at radius 1 is 1.14 bits per heavy atom. The number of ether oxygens (including phenoxy) is 1. The highest BCUT2D eigenvalue weighted by atomic mass is 16.5. The van der Waals surface area contributed by atoms with Gasteiger partial charge in [-0.1, -0.05) is 36.4 Å². The van der Waals surface area contributed by atoms with Crippen molar-refractivity contribution in [3.63, 3.8) is 0 Å². The van der Waals surface area contributed by atoms with Crippen LogP contribution < -0.4 is 25.8 Å². The van der Waals surface area contributed by atoms with Crippen molar-refractivity contribution in [3.8, 4) is 5.75 Å². The van der Waals surface area contributed by atoms with Crippen LogP contribution in [-0.2, 0) is 4.79 Å². The van der Waals surface area contributed by atoms with E-state index in [9.17, 15) is 4.79 Å². The Bertz CT molecular complexity index is 798. The molecule has 6 nitrogen and oxygen atoms in total. The second-order valence-corrected chi connectivity index (χ2v) is 7.44. The normalized spacial score (nSPS) is 24.3. The fourth-order valence-electron chi connectivity index (χ4n) is 4.24. The zero-order valence-corrected chi connectivity index (χ0v) is 16.2. The van der Waals surface area contributed by atoms with Gasteiger partial charge in [-0.3, -0.25) is 4.79 Å². The third-order valence-corrected chi connectivity index (χ3v) is 5.71. The van der Waals surface area contributed by atoms with E-state index in [4.69, 9.17) is 4.74 Å². The Balaban J connectivity index is 1.32. The summed E-state index contributed by atoms with van der Waals surface area (Å²) in [7, 11) is 1.67. The second-order valence-electron chi connectivity index (χ2n) is 7.44. The molecule has 148 valence electrons. The summed E-state index contributed by atoms with van der Waals surface area (Å²) >= 11 is 0. The van der Waals surface area contributed by atoms with Gasteiger partial charge in [0.15, 0.2) is 0 Å². The first-order valence-corrected chi connectivity index (χ1v) is 9.99. The molecule has 3 N–H and O–H groups in total. The number of hydrazine groups is 1. The van der Waals surface area contributed by atoms with Crippen LogP contribution in [-0.4, -0.2) is 38.2 Å². The molecule has 0 radical (unpaired) electrons. The molecule has 4 rings (SSSR count). The Hall–Kier alpha value is -2.57. The van der Waals surface area contributed by atoms with E-state index < -0.39 is 0 Å². The van der Waals surface area contributed by atoms with Crippen LogP contribution in [0.1, 0.15) is 30.9 Å². The minimum atomic E-state index is -0.249. The molecule has 6 heteroatoms. The number of carbonyl (C=O) groups is 1. The average molecular weight is 380 g/mol. The Kier molecular flexibility index (Phi) is 5.78. The highest BCUT2D eigenvalue weighted by molar-refractivity contribution is 5.82. The summed E-state index contributed by atoms with van der Waals surface area (Å²) < 4.78 is 5.45. The Morgan fingerprint density at radius 2 is 1.93 bits per heavy atom. The third kappa shape index (κ3) is 3.98. The van der Waals surface area contributed by atoms with Gasteiger partial charge in [0.2, 0.25) is 5.91 Å². The fraction of sp³-hybridized carbons (Fsp3) is 0.409. The number of anilines is 1. The number of benzene rings is 2. The van der Waals surface area contributed by atoms with Crippen molar-refractivity contribution in [3.05, 3.63) is 60.2 Å². The first kappa shape index (κ1) is 18.8. The molecule has 2 saturated heterocycles. The quantitative estimate of drug-likeness (QED) is 0.718. The topological polar surface area (TPSA) is 65.6 Å². The molecule has 28 heavy (non-hydrogen) atoms. The first-order valence-electron chi connectivity index (χ1n) is 9.99. The summed E-state index contributed by atoms with van der Waals surface area (Å²) in [6, 6.07) is 18.5. The minimum absolute atomic E-state index is 0.0461. The molecule has 2 aliphatic heterocycles. The van der Waals surface area contributed by atoms with Gasteiger partial charge in [0, 0.05) is 30.4 Å². The van der Waals surface area contributed by atoms with Gasteiger partial charge in [-0.15, -0.1) is 0 Å². The van der Waals surface area contributed by atoms with E-state index in [1.165, 1.54) is 5.69 Å². The summed E-state index contributed by atoms with van der Waals surface area (Å²) in [6.07, 6.45) is 2.96. The predicted molar refractivity (Wildman–Crippen MR) is 110 cm³/mol. The number of nitrogens with one attached hydrogen (secondary N) is 3. The lowest BCUT2D eigenvalue weighted by Gasteiger charge is -2.27. The molecule has 0 saturated carbocycles. The third-order valence-electron chi connectivity index (χ3n) is 5.71. The molecule has 0 bridgehead atoms. The van der Waals surface area contributed by atoms with Crippen LogP contribution in [0, 0.1) is 0 Å². The lowest BCUT2D eigenvalue weighted by Crippen LogP contribution is -2.47. The molecule has 2 aromatic rings. The summed E-state index contributed by atoms with van der Waals surface area (Å²) in [5.74, 6) is 0.886. The lowest BCUT2D eigenvalue weighted by atomic mass is 10.0. The van der Waals surface area contributed by atoms with Gasteiger partial charge in [-0.2, -0.15) is 0 Å². The maximum absolute atomic E-state index is 12.7. The van der Waals surface area contributed by atoms with Crippen molar-refractivity contribution in [2.75, 3.05) is 25.1 Å². The molecule has 3 unspecified atom stereocenters. The number of hydrogen-bond acceptors (Lipinski definition) is 5. The molecule has 2 aromatic carbocycles. The molecular formula is C22H28N4O2. The standard InChI is InChI=1S/C22H28N4O2/c1-28-21-12-6-5-11-18(21)19-14-20(25-24-19)22(27)23-15-17-10-7-13-26(17)16-8-3-2-4-9-16/h2-6,8-9,11-12,17,19-20,24-25H,7,10,13-15H2,1H3,(H,23,27). The predicted octanol–water partition coefficient (Wildman–Crippen LogP) is 2.39. The minimum Gasteiger partial charge on any atom is -0.496 e. The zero-order chi connectivity index (χ0) is 19.3. The largest absolute Gasteiger partial charge is 0.496 e. The zero-order valence-electron chi connectivity index (χ0n) is 16.2. The number of nitrogens with zero attached hydrogens (tertiary/aromatic N) is 1. The van der Waals surface area contributed by atoms with E-state index in [2.05, 4.69) is 45.3 Å². The number of carbonyl (C=O) groups excluding carboxylic acids is 1. The van der Waals surface area contributed by atoms with E-state index in [1.54, 1.807) is 7.11 Å². The number of methoxy groups -OCH3 is 1. The average Bonchev–Trinajstić information content (AvgIpc) is 3.42. The van der Waals surface area contributed by atoms with Crippen LogP contribution in [0.4, 0.5) is 5.69 Å². The highest BCUT2D eigenvalue weighted by Gasteiger charge is 2.32. The van der Waals surface area contributed by atoms with Crippen LogP contribution in [0.25, 0.3) is 0 Å². The maximum Gasteiger partial charge on any atom is 0.238 e. The van der Waals surface area contributed by atoms with Gasteiger partial charge in [0.05, 0.1) is 13.2 Å². The van der Waals surface area contributed by atoms with E-state index in [0.29, 0.717) is 19.0 Å². The van der Waals surface area contributed by atoms with Crippen molar-refractivity contribution >= 4 is 11.6 Å². The molecule has 2 fully saturated rings. The fourth-order valence-corrected chi connectivity index (χ4v) is 4.24. The van der Waals surface area contributed by atoms with Gasteiger partial charge in [-0.25, -0.2) is 10.9 Å². The summed E-state index contributed by atoms with van der Waals surface area (Å²) in [5.41, 5.74) is 8.68. The molecule has 0 aromatic heterocycles. The molecule has 0 aliphatic carbocycles. The van der Waals surface area contributed by atoms with E-state index >= 15 is 0 Å². The van der Waals surface area contributed by atoms with Crippen LogP contribution in [0.5, 0.6) is 5.75 Å². The van der Waals surface area contributed by atoms with Crippen LogP contribution >= 0.6 is 0 Å². The molecule has 0 spiro atoms. The van der Waals surface area contributed by atoms with Crippen molar-refractivity contribution in [1.82, 2.24) is 16.2 Å². The van der Waals surface area contributed by atoms with Crippen molar-refractivity contribution in [2.45, 2.75) is 37.4 Å². The Morgan fingerprint density at radius 3 is 2.75 bits per heavy atom. The van der Waals surface area contributed by atoms with Gasteiger partial charge in [0.1, 0.15) is 11.8 Å². The lowest BCUT2D eigenvalue weighted by molar-refractivity contribution is -0.122. The van der Waals surface area contributed by atoms with Crippen molar-refractivity contribution in [2.24, 2.45) is 0 Å². The van der Waals surface area contributed by atoms with Gasteiger partial charge in [0.25, 0.3) is 0 Å². The second kappa shape index (κ2) is 8.63. The molecular weight excluding hydrogens is 352 g/mol. The molecule has 3 atom stereocenters. The summed E-state index contributed by atoms with van der Waals surface area (Å²) in [4.78, 5) is 15.1. The molecule has 2 aliphatic rings. The number of para-hydroxylation sites is 2. The van der Waals surface area contributed by atoms with Crippen molar-refractivity contribution in [1.29, 1.82) is 0 Å². The SMILES string of the molecule is COc1ccccc1C1CC(C(=O)NCC2CCCN2c2ccccc2)NN1. The van der Waals surface area contributed by atoms with Gasteiger partial charge < -0.3 is 15.0 Å². The Labute approximate surface area is 166 Å². The van der Waals surface area contributed by atoms with Gasteiger partial charge in [-0.05, 0) is 37.5 Å². The smallest absolute Gasteiger partial charge is 0.238 e. The van der Waals surface area contributed by atoms with E-state index in [1.807, 2.05) is 30.3 Å². The van der Waals surface area contributed by atoms with E-state index in [-0.39, 0.29) is 18.0 Å². The summed E-state index contributed by atoms with van der Waals surface area (Å²) in [6.45, 7) is 1.72. The van der Waals surface area contributed by atoms with Crippen LogP contribution in [0.2, 0.25) is 0 Å². The van der Waals surface area contributed by atoms with Crippen molar-refractivity contribution < 1.29 is 9.53 Å². The van der Waals surface area contributed by atoms with Crippen LogP contribution in [0.15, 0.2) is 54.6 Å². The molecule has 1 amide bonds. The number of amides is 1.